The van der Waals surface area contributed by atoms with E-state index in [9.17, 15) is 0 Å². The molecule has 0 radical (unpaired) electrons. The third kappa shape index (κ3) is 5.00. The summed E-state index contributed by atoms with van der Waals surface area (Å²) in [6.45, 7) is 3.69. The molecule has 0 atom stereocenters. The van der Waals surface area contributed by atoms with Crippen LogP contribution in [0.1, 0.15) is 17.2 Å². The number of aromatic nitrogens is 4. The highest BCUT2D eigenvalue weighted by atomic mass is 35.5. The number of aryl methyl sites for hydroxylation is 2. The predicted molar refractivity (Wildman–Crippen MR) is 63.3 cm³/mol. The van der Waals surface area contributed by atoms with Crippen LogP contribution in [-0.4, -0.2) is 19.9 Å². The summed E-state index contributed by atoms with van der Waals surface area (Å²) in [5.41, 5.74) is 1.71. The van der Waals surface area contributed by atoms with Crippen LogP contribution in [0, 0.1) is 25.2 Å². The lowest BCUT2D eigenvalue weighted by Crippen LogP contribution is -1.88. The molecule has 0 N–H and O–H groups in total. The minimum Gasteiger partial charge on any atom is -0.228 e. The fraction of sp³-hybridized carbons (Fsp3) is 0.182. The van der Waals surface area contributed by atoms with Gasteiger partial charge < -0.3 is 0 Å². The molecule has 6 heteroatoms. The minimum absolute atomic E-state index is 0.231. The molecule has 0 saturated heterocycles. The van der Waals surface area contributed by atoms with Crippen molar-refractivity contribution in [2.75, 3.05) is 0 Å². The zero-order valence-corrected chi connectivity index (χ0v) is 10.2. The summed E-state index contributed by atoms with van der Waals surface area (Å²) >= 11 is 5.42. The van der Waals surface area contributed by atoms with Crippen LogP contribution in [0.15, 0.2) is 24.5 Å². The highest BCUT2D eigenvalue weighted by Gasteiger charge is 1.89. The molecule has 2 aromatic heterocycles. The Bertz CT molecular complexity index is 518. The minimum atomic E-state index is 0.231. The monoisotopic (exact) mass is 247 g/mol. The van der Waals surface area contributed by atoms with Crippen LogP contribution in [0.2, 0.25) is 5.28 Å². The van der Waals surface area contributed by atoms with Crippen LogP contribution < -0.4 is 0 Å². The largest absolute Gasteiger partial charge is 0.232 e. The average Bonchev–Trinajstić information content (AvgIpc) is 2.29. The van der Waals surface area contributed by atoms with E-state index < -0.39 is 0 Å². The SMILES string of the molecule is Cc1ccnc(C#N)n1.Cc1ccnc(Cl)n1. The van der Waals surface area contributed by atoms with Crippen molar-refractivity contribution in [3.05, 3.63) is 47.0 Å². The van der Waals surface area contributed by atoms with E-state index in [0.717, 1.165) is 11.4 Å². The quantitative estimate of drug-likeness (QED) is 0.667. The van der Waals surface area contributed by atoms with Crippen LogP contribution in [0.4, 0.5) is 0 Å². The van der Waals surface area contributed by atoms with E-state index in [-0.39, 0.29) is 5.82 Å². The molecule has 0 unspecified atom stereocenters. The van der Waals surface area contributed by atoms with E-state index in [1.54, 1.807) is 24.5 Å². The summed E-state index contributed by atoms with van der Waals surface area (Å²) < 4.78 is 0. The van der Waals surface area contributed by atoms with Gasteiger partial charge in [-0.3, -0.25) is 0 Å². The highest BCUT2D eigenvalue weighted by Crippen LogP contribution is 1.97. The van der Waals surface area contributed by atoms with E-state index in [0.29, 0.717) is 5.28 Å². The molecule has 17 heavy (non-hydrogen) atoms. The van der Waals surface area contributed by atoms with Gasteiger partial charge in [0.1, 0.15) is 6.07 Å². The molecule has 0 bridgehead atoms. The summed E-state index contributed by atoms with van der Waals surface area (Å²) in [5.74, 6) is 0.231. The average molecular weight is 248 g/mol. The van der Waals surface area contributed by atoms with E-state index in [4.69, 9.17) is 16.9 Å². The second kappa shape index (κ2) is 6.51. The normalized spacial score (nSPS) is 8.82. The molecule has 0 aliphatic carbocycles. The lowest BCUT2D eigenvalue weighted by Gasteiger charge is -1.87. The first-order valence-electron chi connectivity index (χ1n) is 4.76. The molecule has 0 amide bonds. The van der Waals surface area contributed by atoms with Crippen molar-refractivity contribution in [2.45, 2.75) is 13.8 Å². The van der Waals surface area contributed by atoms with Gasteiger partial charge in [-0.05, 0) is 37.6 Å². The third-order valence-corrected chi connectivity index (χ3v) is 1.84. The Morgan fingerprint density at radius 2 is 1.65 bits per heavy atom. The Morgan fingerprint density at radius 1 is 1.06 bits per heavy atom. The molecule has 0 spiro atoms. The van der Waals surface area contributed by atoms with Gasteiger partial charge in [0.2, 0.25) is 11.1 Å². The smallest absolute Gasteiger partial charge is 0.228 e. The lowest BCUT2D eigenvalue weighted by atomic mass is 10.4. The zero-order valence-electron chi connectivity index (χ0n) is 9.42. The number of rotatable bonds is 0. The van der Waals surface area contributed by atoms with E-state index in [1.807, 2.05) is 19.9 Å². The van der Waals surface area contributed by atoms with Gasteiger partial charge in [0.15, 0.2) is 0 Å². The van der Waals surface area contributed by atoms with Gasteiger partial charge in [0.05, 0.1) is 0 Å². The fourth-order valence-electron chi connectivity index (χ4n) is 0.921. The molecule has 0 aliphatic heterocycles. The Hall–Kier alpha value is -2.06. The molecule has 86 valence electrons. The number of halogens is 1. The molecule has 2 rings (SSSR count). The van der Waals surface area contributed by atoms with Crippen molar-refractivity contribution in [3.8, 4) is 6.07 Å². The van der Waals surface area contributed by atoms with Crippen molar-refractivity contribution in [3.63, 3.8) is 0 Å². The first-order valence-corrected chi connectivity index (χ1v) is 5.14. The molecule has 0 fully saturated rings. The summed E-state index contributed by atoms with van der Waals surface area (Å²) in [6.07, 6.45) is 3.20. The van der Waals surface area contributed by atoms with Crippen LogP contribution in [0.25, 0.3) is 0 Å². The summed E-state index contributed by atoms with van der Waals surface area (Å²) in [5, 5.41) is 8.60. The molecule has 2 aromatic rings. The fourth-order valence-corrected chi connectivity index (χ4v) is 1.11. The van der Waals surface area contributed by atoms with Crippen LogP contribution in [-0.2, 0) is 0 Å². The van der Waals surface area contributed by atoms with Gasteiger partial charge in [0, 0.05) is 23.8 Å². The van der Waals surface area contributed by atoms with Crippen LogP contribution >= 0.6 is 11.6 Å². The van der Waals surface area contributed by atoms with Crippen molar-refractivity contribution >= 4 is 11.6 Å². The summed E-state index contributed by atoms with van der Waals surface area (Å²) in [4.78, 5) is 15.0. The molecular formula is C11H10ClN5. The maximum absolute atomic E-state index is 8.29. The first kappa shape index (κ1) is 13.0. The molecule has 0 aliphatic rings. The van der Waals surface area contributed by atoms with Crippen molar-refractivity contribution in [2.24, 2.45) is 0 Å². The number of nitrogens with zero attached hydrogens (tertiary/aromatic N) is 5. The lowest BCUT2D eigenvalue weighted by molar-refractivity contribution is 1.06. The number of hydrogen-bond acceptors (Lipinski definition) is 5. The van der Waals surface area contributed by atoms with Crippen molar-refractivity contribution in [1.29, 1.82) is 5.26 Å². The van der Waals surface area contributed by atoms with E-state index in [1.165, 1.54) is 0 Å². The van der Waals surface area contributed by atoms with E-state index >= 15 is 0 Å². The predicted octanol–water partition coefficient (Wildman–Crippen LogP) is 2.10. The molecule has 2 heterocycles. The van der Waals surface area contributed by atoms with Crippen LogP contribution in [0.3, 0.4) is 0 Å². The van der Waals surface area contributed by atoms with Gasteiger partial charge in [-0.15, -0.1) is 0 Å². The van der Waals surface area contributed by atoms with Crippen molar-refractivity contribution in [1.82, 2.24) is 19.9 Å². The summed E-state index contributed by atoms with van der Waals surface area (Å²) in [7, 11) is 0. The second-order valence-electron chi connectivity index (χ2n) is 3.10. The Balaban J connectivity index is 0.000000171. The second-order valence-corrected chi connectivity index (χ2v) is 3.44. The summed E-state index contributed by atoms with van der Waals surface area (Å²) in [6, 6.07) is 5.39. The third-order valence-electron chi connectivity index (χ3n) is 1.66. The van der Waals surface area contributed by atoms with Gasteiger partial charge in [-0.1, -0.05) is 0 Å². The van der Waals surface area contributed by atoms with E-state index in [2.05, 4.69) is 19.9 Å². The van der Waals surface area contributed by atoms with Gasteiger partial charge >= 0.3 is 0 Å². The highest BCUT2D eigenvalue weighted by molar-refractivity contribution is 6.28. The number of nitriles is 1. The molecular weight excluding hydrogens is 238 g/mol. The Labute approximate surface area is 104 Å². The van der Waals surface area contributed by atoms with Crippen molar-refractivity contribution < 1.29 is 0 Å². The molecule has 5 nitrogen and oxygen atoms in total. The van der Waals surface area contributed by atoms with Crippen LogP contribution in [0.5, 0.6) is 0 Å². The Morgan fingerprint density at radius 3 is 2.00 bits per heavy atom. The maximum Gasteiger partial charge on any atom is 0.232 e. The van der Waals surface area contributed by atoms with Gasteiger partial charge in [0.25, 0.3) is 0 Å². The maximum atomic E-state index is 8.29. The number of hydrogen-bond donors (Lipinski definition) is 0. The topological polar surface area (TPSA) is 75.3 Å². The molecule has 0 aromatic carbocycles. The first-order chi connectivity index (χ1) is 8.11. The Kier molecular flexibility index (Phi) is 4.98. The van der Waals surface area contributed by atoms with Gasteiger partial charge in [-0.25, -0.2) is 19.9 Å². The van der Waals surface area contributed by atoms with Gasteiger partial charge in [-0.2, -0.15) is 5.26 Å². The molecule has 0 saturated carbocycles. The zero-order chi connectivity index (χ0) is 12.7. The standard InChI is InChI=1S/C6H5N3.C5H5ClN2/c1-5-2-3-8-6(4-7)9-5;1-4-2-3-7-5(6)8-4/h2-3H,1H3;2-3H,1H3.